The van der Waals surface area contributed by atoms with Crippen molar-refractivity contribution in [2.24, 2.45) is 0 Å². The molecule has 2 aromatic rings. The minimum Gasteiger partial charge on any atom is -0.481 e. The molecule has 32 nitrogen and oxygen atoms in total. The second-order valence-electron chi connectivity index (χ2n) is 39.1. The van der Waals surface area contributed by atoms with Gasteiger partial charge in [-0.15, -0.1) is 0 Å². The van der Waals surface area contributed by atoms with Crippen molar-refractivity contribution in [2.75, 3.05) is 0 Å². The first kappa shape index (κ1) is 137. The lowest BCUT2D eigenvalue weighted by Gasteiger charge is -2.39. The highest BCUT2D eigenvalue weighted by Crippen LogP contribution is 2.43. The minimum absolute atomic E-state index is 0.0575. The monoisotopic (exact) mass is 2160 g/mol. The Morgan fingerprint density at radius 1 is 0.360 bits per heavy atom. The first-order valence-corrected chi connectivity index (χ1v) is 52.0. The number of ether oxygens (including phenoxy) is 14. The van der Waals surface area contributed by atoms with Gasteiger partial charge in [0.15, 0.2) is 45.2 Å². The fourth-order valence-corrected chi connectivity index (χ4v) is 12.8. The zero-order chi connectivity index (χ0) is 113. The maximum Gasteiger partial charge on any atom is 0.519 e. The van der Waals surface area contributed by atoms with Crippen molar-refractivity contribution < 1.29 is 134 Å². The molecule has 0 saturated heterocycles. The molecule has 0 aromatic heterocycles. The van der Waals surface area contributed by atoms with Gasteiger partial charge in [-0.1, -0.05) is 238 Å². The first-order chi connectivity index (χ1) is 70.3. The summed E-state index contributed by atoms with van der Waals surface area (Å²) in [6, 6.07) is 9.82. The lowest BCUT2D eigenvalue weighted by Crippen LogP contribution is -2.65. The molecular weight excluding hydrogens is 1990 g/mol. The van der Waals surface area contributed by atoms with Gasteiger partial charge >= 0.3 is 72.0 Å². The largest absolute Gasteiger partial charge is 0.519 e. The summed E-state index contributed by atoms with van der Waals surface area (Å²) < 4.78 is 73.1. The van der Waals surface area contributed by atoms with E-state index in [-0.39, 0.29) is 32.1 Å². The van der Waals surface area contributed by atoms with Crippen LogP contribution in [0.25, 0.3) is 0 Å². The van der Waals surface area contributed by atoms with Crippen LogP contribution in [0, 0.1) is 0 Å². The molecule has 150 heavy (non-hydrogen) atoms. The van der Waals surface area contributed by atoms with Crippen molar-refractivity contribution in [3.63, 3.8) is 0 Å². The summed E-state index contributed by atoms with van der Waals surface area (Å²) >= 11 is 15.3. The highest BCUT2D eigenvalue weighted by Gasteiger charge is 2.51. The van der Waals surface area contributed by atoms with E-state index in [1.807, 2.05) is 18.2 Å². The Balaban J connectivity index is 0.00000208. The molecule has 0 saturated carbocycles. The maximum atomic E-state index is 14.0. The van der Waals surface area contributed by atoms with Crippen molar-refractivity contribution in [1.82, 2.24) is 20.9 Å². The predicted octanol–water partition coefficient (Wildman–Crippen LogP) is 30.0. The standard InChI is InChI=1S/C46H66N2O12.C23H33ClO4.C23H34N2O8.C20H30O2.C3H4Cl2O2/c1-12-13-14-15-16-17-18-19-20-21-22-23-24-25-26-27-28-29-38(49)54-34(2)55-42(53)56-39(50)46(11,33-35-30-31-36-37(32-35)58-45(9,10)57-36)48(41(52)60-44(6,7)8)47-40(51)59-43(3,4)5;1-3-4-5-6-7-8-9-10-11-12-13-14-15-16-17-18-19-20-22(25)28-23(26)27-21(2)24;1-20(2,3)32-18(28)24-25(19(29)33-21(4,5)6)23(9,17(26)27)13-14-10-11-15-16(12-14)31-22(7,8)30-15;1-2-3-4-5-6-7-8-9-10-11-12-13-14-15-16-17-18-19-20(21)22;1-2(4)7-3(5)6/h13-14,16-17,19-20,22-23,25-26,30-32,34H,12,15,18,21,24,27-29,33H2,1-11H3,(H,47,51);4-5,7-8,10-11,13-14,16-17,21H,3,6,9,12,15,18-20H2,1-2H3;10-12H,13H2,1-9H3,(H,24,28)(H,26,27);3-4,6-7,9-10,12-13,15-16H,2,5,8,11,14,17-19H2,1H3,(H,21,22);2H,1H3/b14-13-,17-16-,20-19-,23-22-,26-25-;5-4-,8-7-,11-10-,14-13-,17-16-;;4-3-,7-6-,10-9-,13-12-,16-15-;/t34?,46-;;23-;;/m0.0../s1. The number of amides is 4. The quantitative estimate of drug-likeness (QED) is 0.00550. The molecule has 4 rings (SSSR count). The zero-order valence-corrected chi connectivity index (χ0v) is 94.7. The average Bonchev–Trinajstić information content (AvgIpc) is 1.31. The summed E-state index contributed by atoms with van der Waals surface area (Å²) in [5.41, 5.74) is -4.76. The van der Waals surface area contributed by atoms with Crippen LogP contribution in [0.2, 0.25) is 0 Å². The molecule has 2 aliphatic heterocycles. The van der Waals surface area contributed by atoms with Crippen LogP contribution in [0.1, 0.15) is 331 Å². The number of halogens is 3. The van der Waals surface area contributed by atoms with Gasteiger partial charge < -0.3 is 76.5 Å². The normalized spacial score (nSPS) is 14.7. The number of fused-ring (bicyclic) bond motifs is 2. The van der Waals surface area contributed by atoms with Crippen LogP contribution < -0.4 is 29.8 Å². The van der Waals surface area contributed by atoms with E-state index in [1.165, 1.54) is 34.6 Å². The molecule has 0 aliphatic carbocycles. The maximum absolute atomic E-state index is 14.0. The number of carboxylic acids is 2. The number of hydrogen-bond donors (Lipinski definition) is 4. The van der Waals surface area contributed by atoms with Crippen LogP contribution >= 0.6 is 34.8 Å². The second kappa shape index (κ2) is 75.2. The molecule has 3 unspecified atom stereocenters. The van der Waals surface area contributed by atoms with Gasteiger partial charge in [0.25, 0.3) is 0 Å². The number of hydrogen-bond acceptors (Lipinski definition) is 26. The van der Waals surface area contributed by atoms with Crippen molar-refractivity contribution in [3.05, 3.63) is 230 Å². The van der Waals surface area contributed by atoms with E-state index < -0.39 is 134 Å². The van der Waals surface area contributed by atoms with E-state index in [9.17, 15) is 62.6 Å². The number of carbonyl (C=O) groups is 12. The highest BCUT2D eigenvalue weighted by atomic mass is 35.5. The number of aliphatic carboxylic acids is 2. The molecule has 4 amide bonds. The Labute approximate surface area is 904 Å². The van der Waals surface area contributed by atoms with E-state index in [4.69, 9.17) is 92.0 Å². The number of alkyl halides is 2. The zero-order valence-electron chi connectivity index (χ0n) is 92.4. The van der Waals surface area contributed by atoms with E-state index in [2.05, 4.69) is 210 Å². The summed E-state index contributed by atoms with van der Waals surface area (Å²) in [7, 11) is 0. The van der Waals surface area contributed by atoms with Gasteiger partial charge in [0.2, 0.25) is 17.9 Å². The van der Waals surface area contributed by atoms with Crippen LogP contribution in [0.3, 0.4) is 0 Å². The minimum atomic E-state index is -2.18. The Morgan fingerprint density at radius 3 is 0.927 bits per heavy atom. The number of hydrazine groups is 2. The molecule has 2 aromatic carbocycles. The van der Waals surface area contributed by atoms with E-state index in [0.717, 1.165) is 116 Å². The van der Waals surface area contributed by atoms with E-state index in [1.54, 1.807) is 147 Å². The first-order valence-electron chi connectivity index (χ1n) is 50.8. The van der Waals surface area contributed by atoms with Crippen molar-refractivity contribution in [1.29, 1.82) is 0 Å². The number of benzene rings is 2. The molecule has 2 aliphatic rings. The lowest BCUT2D eigenvalue weighted by molar-refractivity contribution is -0.172. The van der Waals surface area contributed by atoms with Gasteiger partial charge in [0.1, 0.15) is 22.4 Å². The summed E-state index contributed by atoms with van der Waals surface area (Å²) in [5.74, 6) is -4.63. The molecule has 2 heterocycles. The smallest absolute Gasteiger partial charge is 0.481 e. The average molecular weight is 2160 g/mol. The van der Waals surface area contributed by atoms with Gasteiger partial charge in [0, 0.05) is 78.3 Å². The Kier molecular flexibility index (Phi) is 68.9. The van der Waals surface area contributed by atoms with Crippen LogP contribution in [0.5, 0.6) is 23.0 Å². The molecule has 0 radical (unpaired) electrons. The number of nitrogens with one attached hydrogen (secondary N) is 2. The molecular formula is C115H167Cl3N4O28. The van der Waals surface area contributed by atoms with Crippen LogP contribution in [0.15, 0.2) is 219 Å². The third kappa shape index (κ3) is 72.0. The number of carboxylic acid groups (broad SMARTS) is 2. The third-order valence-corrected chi connectivity index (χ3v) is 19.2. The third-order valence-electron chi connectivity index (χ3n) is 19.0. The van der Waals surface area contributed by atoms with Crippen LogP contribution in [-0.2, 0) is 84.2 Å². The summed E-state index contributed by atoms with van der Waals surface area (Å²) in [4.78, 5) is 147. The number of nitrogens with zero attached hydrogens (tertiary/aromatic N) is 2. The topological polar surface area (TPSA) is 405 Å². The molecule has 5 atom stereocenters. The molecule has 0 spiro atoms. The van der Waals surface area contributed by atoms with Crippen molar-refractivity contribution in [3.8, 4) is 23.0 Å². The Bertz CT molecular complexity index is 4920. The van der Waals surface area contributed by atoms with Gasteiger partial charge in [-0.25, -0.2) is 54.0 Å². The Hall–Kier alpha value is -12.5. The fraction of sp³-hybridized carbons (Fsp3) is 0.530. The van der Waals surface area contributed by atoms with Crippen LogP contribution in [-0.4, -0.2) is 155 Å². The predicted molar refractivity (Wildman–Crippen MR) is 587 cm³/mol. The van der Waals surface area contributed by atoms with E-state index in [0.29, 0.717) is 63.4 Å². The van der Waals surface area contributed by atoms with Gasteiger partial charge in [-0.2, -0.15) is 10.0 Å². The molecule has 0 bridgehead atoms. The summed E-state index contributed by atoms with van der Waals surface area (Å²) in [6.45, 7) is 39.7. The fourth-order valence-electron chi connectivity index (χ4n) is 12.4. The Morgan fingerprint density at radius 2 is 0.640 bits per heavy atom. The highest BCUT2D eigenvalue weighted by molar-refractivity contribution is 6.61. The second-order valence-corrected chi connectivity index (χ2v) is 40.7. The SMILES string of the molecule is CC(C)(C)OC(=O)NN(C(=O)OC(C)(C)C)[C@@](C)(Cc1ccc2c(c1)OC(C)(C)O2)C(=O)O.CC(Cl)OC(=O)Cl.CC/C=C\C/C=C\C/C=C\C/C=C\C/C=C\CCCC(=O)O.CC/C=C\C/C=C\C/C=C\C/C=C\C/C=C\CCCC(=O)OC(=O)OC(C)Cl.CC/C=C\C/C=C\C/C=C\C/C=C\C/C=C\CCCC(=O)OC(C)OC(=O)OC(=O)[C@](C)(Cc1ccc2c(c1)OC(C)(C)O2)N(NC(=O)OC(C)(C)C)C(=O)OC(C)(C)C. The van der Waals surface area contributed by atoms with Gasteiger partial charge in [-0.3, -0.25) is 14.4 Å². The number of unbranched alkanes of at least 4 members (excludes halogenated alkanes) is 3. The summed E-state index contributed by atoms with van der Waals surface area (Å²) in [5, 5.41) is 19.9. The molecule has 836 valence electrons. The van der Waals surface area contributed by atoms with Gasteiger partial charge in [-0.05, 0) is 281 Å². The van der Waals surface area contributed by atoms with Gasteiger partial charge in [0.05, 0.1) is 0 Å². The van der Waals surface area contributed by atoms with Crippen LogP contribution in [0.4, 0.5) is 33.6 Å². The van der Waals surface area contributed by atoms with E-state index >= 15 is 0 Å². The summed E-state index contributed by atoms with van der Waals surface area (Å²) in [6.07, 6.45) is 74.3. The molecule has 0 fully saturated rings. The number of esters is 3. The van der Waals surface area contributed by atoms with Crippen molar-refractivity contribution >= 4 is 107 Å². The molecule has 35 heteroatoms. The number of carbonyl (C=O) groups excluding carboxylic acids is 10. The molecule has 4 N–H and O–H groups in total. The number of rotatable bonds is 51. The van der Waals surface area contributed by atoms with Crippen molar-refractivity contribution in [2.45, 2.75) is 396 Å². The lowest BCUT2D eigenvalue weighted by atomic mass is 9.92. The number of allylic oxidation sites excluding steroid dienone is 30.